The van der Waals surface area contributed by atoms with Crippen LogP contribution in [0.2, 0.25) is 0 Å². The van der Waals surface area contributed by atoms with Gasteiger partial charge in [-0.15, -0.1) is 0 Å². The Morgan fingerprint density at radius 3 is 0.893 bits per heavy atom. The highest BCUT2D eigenvalue weighted by Crippen LogP contribution is 2.57. The van der Waals surface area contributed by atoms with Crippen molar-refractivity contribution in [1.82, 2.24) is 0 Å². The van der Waals surface area contributed by atoms with Crippen LogP contribution in [0.5, 0.6) is 0 Å². The molecule has 0 spiro atoms. The standard InChI is InChI=1S/C17H12F6N2O4.C17H18N2O4.C15H14N2O4.C7H8N2O2/c18-16(19,20)15(17(21,22)23,7-1-3-9(13(26)27)11(24)5-7)8-2-4-10(14(28)29)12(25)6-8;1-17(2,9-3-5-13(18)11(7-9)15(20)21)10-4-6-14(19)12(8-10)16(22)23;16-12-3-1-8(6-10(12)14(18)19)5-9-2-4-13(17)11(7-9)15(20)21;8-5-1-4(7(10)11)2-6(9)3-5/h1-6H,24-25H2,(H,26,27)(H,28,29);3-8H,18-19H2,1-2H3,(H,20,21)(H,22,23);1-4,6-7H,5,16-17H2,(H,18,19)(H,20,21);1-3H,8-9H2,(H,10,11). The van der Waals surface area contributed by atoms with Crippen LogP contribution in [0.25, 0.3) is 0 Å². The highest BCUT2D eigenvalue weighted by atomic mass is 19.4. The molecule has 7 aromatic rings. The molecule has 84 heavy (non-hydrogen) atoms. The second-order valence-corrected chi connectivity index (χ2v) is 18.6. The van der Waals surface area contributed by atoms with Gasteiger partial charge in [0.05, 0.1) is 38.9 Å². The molecule has 0 aliphatic heterocycles. The van der Waals surface area contributed by atoms with Gasteiger partial charge in [-0.2, -0.15) is 26.3 Å². The van der Waals surface area contributed by atoms with Crippen LogP contribution in [0.3, 0.4) is 0 Å². The summed E-state index contributed by atoms with van der Waals surface area (Å²) in [4.78, 5) is 77.0. The van der Waals surface area contributed by atoms with Crippen molar-refractivity contribution >= 4 is 87.3 Å². The lowest BCUT2D eigenvalue weighted by molar-refractivity contribution is -0.288. The highest BCUT2D eigenvalue weighted by molar-refractivity contribution is 5.97. The van der Waals surface area contributed by atoms with Crippen molar-refractivity contribution in [2.45, 2.75) is 43.5 Å². The number of rotatable bonds is 13. The van der Waals surface area contributed by atoms with E-state index in [0.29, 0.717) is 53.2 Å². The summed E-state index contributed by atoms with van der Waals surface area (Å²) in [6.45, 7) is 3.75. The van der Waals surface area contributed by atoms with Gasteiger partial charge in [-0.25, -0.2) is 33.6 Å². The van der Waals surface area contributed by atoms with Crippen molar-refractivity contribution in [3.63, 3.8) is 0 Å². The van der Waals surface area contributed by atoms with E-state index in [1.54, 1.807) is 24.3 Å². The predicted octanol–water partition coefficient (Wildman–Crippen LogP) is 8.62. The molecule has 0 fully saturated rings. The van der Waals surface area contributed by atoms with Gasteiger partial charge in [-0.1, -0.05) is 50.2 Å². The maximum absolute atomic E-state index is 14.0. The van der Waals surface area contributed by atoms with E-state index in [1.165, 1.54) is 66.7 Å². The molecular weight excluding hydrogens is 1120 g/mol. The monoisotopic (exact) mass is 1170 g/mol. The molecule has 0 atom stereocenters. The SMILES string of the molecule is CC(C)(c1ccc(N)c(C(=O)O)c1)c1ccc(N)c(C(=O)O)c1.Nc1cc(C(c2ccc(C(=O)O)c(N)c2)(C(F)(F)F)C(F)(F)F)ccc1C(=O)O.Nc1cc(N)cc(C(=O)O)c1.Nc1ccc(Cc2ccc(N)c(C(=O)O)c2)cc1C(=O)O. The summed E-state index contributed by atoms with van der Waals surface area (Å²) in [5.74, 6) is -8.73. The van der Waals surface area contributed by atoms with Crippen molar-refractivity contribution in [3.05, 3.63) is 200 Å². The third-order valence-electron chi connectivity index (χ3n) is 12.6. The topological polar surface area (TPSA) is 469 Å². The van der Waals surface area contributed by atoms with Crippen LogP contribution in [0, 0.1) is 0 Å². The zero-order chi connectivity index (χ0) is 63.7. The largest absolute Gasteiger partial charge is 0.478 e. The van der Waals surface area contributed by atoms with Gasteiger partial charge in [0.2, 0.25) is 5.41 Å². The second-order valence-electron chi connectivity index (χ2n) is 18.6. The first kappa shape index (κ1) is 65.3. The molecule has 0 aromatic heterocycles. The van der Waals surface area contributed by atoms with Crippen LogP contribution in [0.4, 0.5) is 71.8 Å². The van der Waals surface area contributed by atoms with Gasteiger partial charge in [0.25, 0.3) is 0 Å². The minimum atomic E-state index is -5.97. The zero-order valence-corrected chi connectivity index (χ0v) is 43.7. The minimum Gasteiger partial charge on any atom is -0.478 e. The van der Waals surface area contributed by atoms with Crippen molar-refractivity contribution in [3.8, 4) is 0 Å². The molecule has 0 saturated carbocycles. The van der Waals surface area contributed by atoms with Crippen LogP contribution in [-0.2, 0) is 17.3 Å². The summed E-state index contributed by atoms with van der Waals surface area (Å²) in [5, 5.41) is 62.8. The van der Waals surface area contributed by atoms with E-state index >= 15 is 0 Å². The van der Waals surface area contributed by atoms with Gasteiger partial charge in [0.1, 0.15) is 0 Å². The molecule has 0 bridgehead atoms. The van der Waals surface area contributed by atoms with Gasteiger partial charge in [0, 0.05) is 50.9 Å². The van der Waals surface area contributed by atoms with E-state index in [9.17, 15) is 70.1 Å². The molecule has 442 valence electrons. The second kappa shape index (κ2) is 25.5. The Kier molecular flexibility index (Phi) is 19.8. The number of carbonyl (C=O) groups is 7. The van der Waals surface area contributed by atoms with E-state index in [0.717, 1.165) is 11.1 Å². The molecule has 7 aromatic carbocycles. The molecule has 0 aliphatic carbocycles. The quantitative estimate of drug-likeness (QED) is 0.0379. The number of nitrogen functional groups attached to an aromatic ring is 8. The van der Waals surface area contributed by atoms with Crippen LogP contribution in [0.15, 0.2) is 127 Å². The van der Waals surface area contributed by atoms with Crippen molar-refractivity contribution < 1.29 is 95.6 Å². The fourth-order valence-electron chi connectivity index (χ4n) is 8.22. The normalized spacial score (nSPS) is 11.2. The first-order valence-corrected chi connectivity index (χ1v) is 23.6. The van der Waals surface area contributed by atoms with Crippen LogP contribution in [0.1, 0.15) is 120 Å². The Bertz CT molecular complexity index is 3510. The average Bonchev–Trinajstić information content (AvgIpc) is 0.785. The van der Waals surface area contributed by atoms with E-state index in [-0.39, 0.29) is 62.7 Å². The number of halogens is 6. The number of nitrogens with two attached hydrogens (primary N) is 8. The number of alkyl halides is 6. The van der Waals surface area contributed by atoms with Crippen LogP contribution in [-0.4, -0.2) is 89.9 Å². The van der Waals surface area contributed by atoms with Crippen LogP contribution >= 0.6 is 0 Å². The number of hydrogen-bond acceptors (Lipinski definition) is 15. The fraction of sp³-hybridized carbons (Fsp3) is 0.125. The number of hydrogen-bond donors (Lipinski definition) is 15. The first-order chi connectivity index (χ1) is 38.8. The molecule has 22 nitrogen and oxygen atoms in total. The number of benzene rings is 7. The average molecular weight is 1180 g/mol. The molecule has 0 heterocycles. The Balaban J connectivity index is 0.000000250. The molecule has 23 N–H and O–H groups in total. The minimum absolute atomic E-state index is 0.0180. The van der Waals surface area contributed by atoms with Gasteiger partial charge in [-0.05, 0) is 131 Å². The van der Waals surface area contributed by atoms with Crippen molar-refractivity contribution in [2.75, 3.05) is 45.9 Å². The van der Waals surface area contributed by atoms with Crippen molar-refractivity contribution in [1.29, 1.82) is 0 Å². The maximum Gasteiger partial charge on any atom is 0.411 e. The number of anilines is 8. The molecule has 7 rings (SSSR count). The third kappa shape index (κ3) is 14.8. The van der Waals surface area contributed by atoms with Crippen LogP contribution < -0.4 is 45.9 Å². The maximum atomic E-state index is 14.0. The number of aromatic carboxylic acids is 7. The molecule has 28 heteroatoms. The smallest absolute Gasteiger partial charge is 0.411 e. The van der Waals surface area contributed by atoms with E-state index < -0.39 is 98.6 Å². The van der Waals surface area contributed by atoms with E-state index in [1.807, 2.05) is 13.8 Å². The molecule has 0 radical (unpaired) electrons. The Morgan fingerprint density at radius 1 is 0.333 bits per heavy atom. The molecular formula is C56H52F6N8O14. The summed E-state index contributed by atoms with van der Waals surface area (Å²) >= 11 is 0. The highest BCUT2D eigenvalue weighted by Gasteiger charge is 2.72. The summed E-state index contributed by atoms with van der Waals surface area (Å²) < 4.78 is 83.9. The predicted molar refractivity (Wildman–Crippen MR) is 297 cm³/mol. The number of carboxylic acids is 7. The Labute approximate surface area is 470 Å². The van der Waals surface area contributed by atoms with Gasteiger partial charge in [-0.3, -0.25) is 0 Å². The van der Waals surface area contributed by atoms with Gasteiger partial charge >= 0.3 is 54.1 Å². The first-order valence-electron chi connectivity index (χ1n) is 23.6. The summed E-state index contributed by atoms with van der Waals surface area (Å²) in [7, 11) is 0. The lowest BCUT2D eigenvalue weighted by Gasteiger charge is -2.38. The molecule has 0 saturated heterocycles. The lowest BCUT2D eigenvalue weighted by Crippen LogP contribution is -2.54. The number of carboxylic acid groups (broad SMARTS) is 7. The molecule has 0 unspecified atom stereocenters. The summed E-state index contributed by atoms with van der Waals surface area (Å²) in [6.07, 6.45) is -11.6. The van der Waals surface area contributed by atoms with E-state index in [2.05, 4.69) is 0 Å². The van der Waals surface area contributed by atoms with Crippen molar-refractivity contribution in [2.24, 2.45) is 0 Å². The zero-order valence-electron chi connectivity index (χ0n) is 43.7. The summed E-state index contributed by atoms with van der Waals surface area (Å²) in [6, 6.07) is 25.5. The Morgan fingerprint density at radius 2 is 0.619 bits per heavy atom. The lowest BCUT2D eigenvalue weighted by atomic mass is 9.72. The Hall–Kier alpha value is -11.2. The van der Waals surface area contributed by atoms with Gasteiger partial charge < -0.3 is 81.6 Å². The third-order valence-corrected chi connectivity index (χ3v) is 12.6. The van der Waals surface area contributed by atoms with E-state index in [4.69, 9.17) is 71.4 Å². The molecule has 0 aliphatic rings. The van der Waals surface area contributed by atoms with Gasteiger partial charge in [0.15, 0.2) is 0 Å². The molecule has 0 amide bonds. The summed E-state index contributed by atoms with van der Waals surface area (Å²) in [5.41, 5.74) is 37.5. The fourth-order valence-corrected chi connectivity index (χ4v) is 8.22.